The maximum absolute atomic E-state index is 11.2. The van der Waals surface area contributed by atoms with Gasteiger partial charge in [-0.05, 0) is 19.4 Å². The van der Waals surface area contributed by atoms with Gasteiger partial charge in [0.1, 0.15) is 6.54 Å². The first kappa shape index (κ1) is 11.9. The molecule has 0 bridgehead atoms. The Bertz CT molecular complexity index is 370. The van der Waals surface area contributed by atoms with Crippen LogP contribution in [0.25, 0.3) is 0 Å². The summed E-state index contributed by atoms with van der Waals surface area (Å²) in [5.41, 5.74) is 0.975. The Hall–Kier alpha value is -1.56. The van der Waals surface area contributed by atoms with Crippen molar-refractivity contribution in [3.63, 3.8) is 0 Å². The molecule has 0 saturated carbocycles. The molecule has 0 radical (unpaired) electrons. The van der Waals surface area contributed by atoms with Crippen molar-refractivity contribution in [1.29, 1.82) is 0 Å². The van der Waals surface area contributed by atoms with E-state index in [4.69, 9.17) is 0 Å². The van der Waals surface area contributed by atoms with E-state index in [1.165, 1.54) is 12.8 Å². The molecule has 1 aliphatic heterocycles. The van der Waals surface area contributed by atoms with Crippen LogP contribution in [0.1, 0.15) is 12.8 Å². The third-order valence-electron chi connectivity index (χ3n) is 2.89. The smallest absolute Gasteiger partial charge is 0.241 e. The van der Waals surface area contributed by atoms with Gasteiger partial charge in [-0.25, -0.2) is 0 Å². The number of carbonyl (C=O) groups excluding carboxylic acids is 1. The second-order valence-electron chi connectivity index (χ2n) is 4.29. The minimum absolute atomic E-state index is 0.0426. The van der Waals surface area contributed by atoms with E-state index in [0.29, 0.717) is 6.04 Å². The Balaban J connectivity index is 1.86. The lowest BCUT2D eigenvalue weighted by Crippen LogP contribution is -2.38. The molecule has 17 heavy (non-hydrogen) atoms. The number of aromatic nitrogens is 2. The maximum atomic E-state index is 11.2. The summed E-state index contributed by atoms with van der Waals surface area (Å²) in [6.45, 7) is 2.36. The second kappa shape index (κ2) is 5.67. The van der Waals surface area contributed by atoms with Crippen molar-refractivity contribution in [1.82, 2.24) is 20.4 Å². The summed E-state index contributed by atoms with van der Waals surface area (Å²) in [6, 6.07) is 0.460. The first-order valence-electron chi connectivity index (χ1n) is 5.98. The van der Waals surface area contributed by atoms with E-state index in [9.17, 15) is 4.79 Å². The molecule has 0 aromatic carbocycles. The van der Waals surface area contributed by atoms with Crippen molar-refractivity contribution in [2.45, 2.75) is 25.4 Å². The predicted molar refractivity (Wildman–Crippen MR) is 65.8 cm³/mol. The Morgan fingerprint density at radius 1 is 1.71 bits per heavy atom. The number of piperidine rings is 1. The minimum atomic E-state index is -0.0426. The SMILES string of the molecule is CNC(=O)Cn1cc(NC2CCCNC2)cn1. The van der Waals surface area contributed by atoms with E-state index in [1.54, 1.807) is 17.9 Å². The molecule has 2 heterocycles. The Morgan fingerprint density at radius 3 is 3.29 bits per heavy atom. The number of rotatable bonds is 4. The van der Waals surface area contributed by atoms with Crippen molar-refractivity contribution in [3.8, 4) is 0 Å². The van der Waals surface area contributed by atoms with Gasteiger partial charge in [0.05, 0.1) is 11.9 Å². The van der Waals surface area contributed by atoms with Crippen LogP contribution in [0.2, 0.25) is 0 Å². The number of carbonyl (C=O) groups is 1. The molecule has 94 valence electrons. The van der Waals surface area contributed by atoms with Crippen molar-refractivity contribution < 1.29 is 4.79 Å². The zero-order chi connectivity index (χ0) is 12.1. The lowest BCUT2D eigenvalue weighted by atomic mass is 10.1. The molecule has 6 heteroatoms. The van der Waals surface area contributed by atoms with Crippen LogP contribution in [0.3, 0.4) is 0 Å². The Morgan fingerprint density at radius 2 is 2.59 bits per heavy atom. The molecule has 1 unspecified atom stereocenters. The monoisotopic (exact) mass is 237 g/mol. The fraction of sp³-hybridized carbons (Fsp3) is 0.636. The highest BCUT2D eigenvalue weighted by atomic mass is 16.1. The van der Waals surface area contributed by atoms with Crippen LogP contribution in [0.5, 0.6) is 0 Å². The predicted octanol–water partition coefficient (Wildman–Crippen LogP) is -0.207. The molecule has 0 spiro atoms. The van der Waals surface area contributed by atoms with Crippen LogP contribution in [0.4, 0.5) is 5.69 Å². The Kier molecular flexibility index (Phi) is 3.98. The highest BCUT2D eigenvalue weighted by Gasteiger charge is 2.13. The van der Waals surface area contributed by atoms with Gasteiger partial charge in [0.25, 0.3) is 0 Å². The summed E-state index contributed by atoms with van der Waals surface area (Å²) in [7, 11) is 1.62. The first-order chi connectivity index (χ1) is 8.28. The molecule has 1 aromatic heterocycles. The molecule has 1 saturated heterocycles. The standard InChI is InChI=1S/C11H19N5O/c1-12-11(17)8-16-7-10(6-14-16)15-9-3-2-4-13-5-9/h6-7,9,13,15H,2-5,8H2,1H3,(H,12,17). The van der Waals surface area contributed by atoms with Crippen LogP contribution in [0.15, 0.2) is 12.4 Å². The molecule has 1 amide bonds. The van der Waals surface area contributed by atoms with Gasteiger partial charge in [0, 0.05) is 25.8 Å². The molecule has 1 aliphatic rings. The molecule has 6 nitrogen and oxygen atoms in total. The van der Waals surface area contributed by atoms with Gasteiger partial charge < -0.3 is 16.0 Å². The molecular formula is C11H19N5O. The van der Waals surface area contributed by atoms with Crippen molar-refractivity contribution in [3.05, 3.63) is 12.4 Å². The fourth-order valence-corrected chi connectivity index (χ4v) is 1.96. The third-order valence-corrected chi connectivity index (χ3v) is 2.89. The quantitative estimate of drug-likeness (QED) is 0.678. The summed E-state index contributed by atoms with van der Waals surface area (Å²) in [5, 5.41) is 13.5. The van der Waals surface area contributed by atoms with Crippen LogP contribution >= 0.6 is 0 Å². The van der Waals surface area contributed by atoms with Crippen LogP contribution in [-0.2, 0) is 11.3 Å². The summed E-state index contributed by atoms with van der Waals surface area (Å²) in [4.78, 5) is 11.2. The van der Waals surface area contributed by atoms with E-state index in [1.807, 2.05) is 6.20 Å². The maximum Gasteiger partial charge on any atom is 0.241 e. The Labute approximate surface area is 101 Å². The van der Waals surface area contributed by atoms with E-state index in [0.717, 1.165) is 18.8 Å². The second-order valence-corrected chi connectivity index (χ2v) is 4.29. The number of hydrogen-bond donors (Lipinski definition) is 3. The van der Waals surface area contributed by atoms with Gasteiger partial charge in [-0.15, -0.1) is 0 Å². The highest BCUT2D eigenvalue weighted by molar-refractivity contribution is 5.75. The summed E-state index contributed by atoms with van der Waals surface area (Å²) in [6.07, 6.45) is 6.00. The zero-order valence-electron chi connectivity index (χ0n) is 10.1. The van der Waals surface area contributed by atoms with Crippen LogP contribution in [-0.4, -0.2) is 41.9 Å². The van der Waals surface area contributed by atoms with E-state index in [-0.39, 0.29) is 12.5 Å². The summed E-state index contributed by atoms with van der Waals surface area (Å²) in [5.74, 6) is -0.0426. The van der Waals surface area contributed by atoms with Crippen molar-refractivity contribution in [2.24, 2.45) is 0 Å². The van der Waals surface area contributed by atoms with Crippen LogP contribution in [0, 0.1) is 0 Å². The molecule has 3 N–H and O–H groups in total. The number of hydrogen-bond acceptors (Lipinski definition) is 4. The molecule has 0 aliphatic carbocycles. The van der Waals surface area contributed by atoms with Gasteiger partial charge >= 0.3 is 0 Å². The van der Waals surface area contributed by atoms with E-state index >= 15 is 0 Å². The normalized spacial score (nSPS) is 19.9. The molecule has 2 rings (SSSR count). The number of amides is 1. The van der Waals surface area contributed by atoms with Gasteiger partial charge in [0.15, 0.2) is 0 Å². The van der Waals surface area contributed by atoms with Crippen molar-refractivity contribution in [2.75, 3.05) is 25.5 Å². The summed E-state index contributed by atoms with van der Waals surface area (Å²) < 4.78 is 1.64. The third kappa shape index (κ3) is 3.45. The topological polar surface area (TPSA) is 71.0 Å². The molecule has 1 fully saturated rings. The van der Waals surface area contributed by atoms with E-state index in [2.05, 4.69) is 21.0 Å². The highest BCUT2D eigenvalue weighted by Crippen LogP contribution is 2.11. The van der Waals surface area contributed by atoms with Gasteiger partial charge in [-0.3, -0.25) is 9.48 Å². The minimum Gasteiger partial charge on any atom is -0.378 e. The fourth-order valence-electron chi connectivity index (χ4n) is 1.96. The average molecular weight is 237 g/mol. The molecule has 1 atom stereocenters. The summed E-state index contributed by atoms with van der Waals surface area (Å²) >= 11 is 0. The molecular weight excluding hydrogens is 218 g/mol. The number of nitrogens with one attached hydrogen (secondary N) is 3. The number of anilines is 1. The molecule has 1 aromatic rings. The lowest BCUT2D eigenvalue weighted by Gasteiger charge is -2.23. The first-order valence-corrected chi connectivity index (χ1v) is 5.98. The number of nitrogens with zero attached hydrogens (tertiary/aromatic N) is 2. The zero-order valence-corrected chi connectivity index (χ0v) is 10.1. The van der Waals surface area contributed by atoms with E-state index < -0.39 is 0 Å². The van der Waals surface area contributed by atoms with Gasteiger partial charge in [0.2, 0.25) is 5.91 Å². The van der Waals surface area contributed by atoms with Crippen molar-refractivity contribution >= 4 is 11.6 Å². The van der Waals surface area contributed by atoms with Gasteiger partial charge in [-0.1, -0.05) is 0 Å². The average Bonchev–Trinajstić information content (AvgIpc) is 2.77. The number of likely N-dealkylation sites (N-methyl/N-ethyl adjacent to an activating group) is 1. The lowest BCUT2D eigenvalue weighted by molar-refractivity contribution is -0.121. The van der Waals surface area contributed by atoms with Crippen LogP contribution < -0.4 is 16.0 Å². The largest absolute Gasteiger partial charge is 0.378 e. The van der Waals surface area contributed by atoms with Gasteiger partial charge in [-0.2, -0.15) is 5.10 Å².